The van der Waals surface area contributed by atoms with Gasteiger partial charge in [0.05, 0.1) is 10.9 Å². The molecule has 0 saturated carbocycles. The Hall–Kier alpha value is -2.45. The molecule has 0 spiro atoms. The molecule has 8 heteroatoms. The highest BCUT2D eigenvalue weighted by molar-refractivity contribution is 7.89. The van der Waals surface area contributed by atoms with Crippen LogP contribution in [-0.4, -0.2) is 33.5 Å². The fraction of sp³-hybridized carbons (Fsp3) is 0.278. The summed E-state index contributed by atoms with van der Waals surface area (Å²) >= 11 is 0. The maximum absolute atomic E-state index is 12.8. The van der Waals surface area contributed by atoms with Gasteiger partial charge < -0.3 is 10.1 Å². The quantitative estimate of drug-likeness (QED) is 0.736. The first-order valence-electron chi connectivity index (χ1n) is 8.11. The van der Waals surface area contributed by atoms with E-state index in [0.29, 0.717) is 11.3 Å². The highest BCUT2D eigenvalue weighted by Crippen LogP contribution is 2.12. The molecule has 0 aliphatic carbocycles. The van der Waals surface area contributed by atoms with Gasteiger partial charge in [0.15, 0.2) is 0 Å². The third-order valence-electron chi connectivity index (χ3n) is 3.45. The molecule has 26 heavy (non-hydrogen) atoms. The number of benzene rings is 2. The van der Waals surface area contributed by atoms with Gasteiger partial charge >= 0.3 is 0 Å². The van der Waals surface area contributed by atoms with Gasteiger partial charge in [-0.05, 0) is 55.5 Å². The topological polar surface area (TPSA) is 84.5 Å². The summed E-state index contributed by atoms with van der Waals surface area (Å²) in [5.41, 5.74) is 0.342. The van der Waals surface area contributed by atoms with Crippen LogP contribution in [0, 0.1) is 5.82 Å². The minimum atomic E-state index is -3.55. The number of nitrogens with one attached hydrogen (secondary N) is 2. The molecule has 0 aliphatic rings. The van der Waals surface area contributed by atoms with Crippen LogP contribution < -0.4 is 14.8 Å². The predicted octanol–water partition coefficient (Wildman–Crippen LogP) is 2.32. The second kappa shape index (κ2) is 8.77. The Morgan fingerprint density at radius 1 is 1.12 bits per heavy atom. The highest BCUT2D eigenvalue weighted by atomic mass is 32.2. The van der Waals surface area contributed by atoms with E-state index in [1.807, 2.05) is 0 Å². The normalized spacial score (nSPS) is 12.4. The predicted molar refractivity (Wildman–Crippen MR) is 96.1 cm³/mol. The lowest BCUT2D eigenvalue weighted by molar-refractivity contribution is 0.0926. The Morgan fingerprint density at radius 3 is 2.31 bits per heavy atom. The molecule has 0 saturated heterocycles. The third-order valence-corrected chi connectivity index (χ3v) is 5.01. The summed E-state index contributed by atoms with van der Waals surface area (Å²) in [5.74, 6) is -0.184. The van der Waals surface area contributed by atoms with Crippen molar-refractivity contribution < 1.29 is 22.3 Å². The first kappa shape index (κ1) is 19.9. The average molecular weight is 380 g/mol. The third kappa shape index (κ3) is 5.53. The van der Waals surface area contributed by atoms with Crippen molar-refractivity contribution in [3.8, 4) is 5.75 Å². The maximum atomic E-state index is 12.8. The van der Waals surface area contributed by atoms with Crippen molar-refractivity contribution in [2.45, 2.75) is 24.8 Å². The summed E-state index contributed by atoms with van der Waals surface area (Å²) in [6, 6.07) is 11.0. The number of hydrogen-bond donors (Lipinski definition) is 2. The molecule has 0 heterocycles. The number of amides is 1. The van der Waals surface area contributed by atoms with Gasteiger partial charge in [0, 0.05) is 12.1 Å². The smallest absolute Gasteiger partial charge is 0.251 e. The van der Waals surface area contributed by atoms with Crippen molar-refractivity contribution in [1.82, 2.24) is 10.0 Å². The molecule has 1 unspecified atom stereocenters. The van der Waals surface area contributed by atoms with E-state index in [-0.39, 0.29) is 35.8 Å². The number of ether oxygens (including phenoxy) is 1. The lowest BCUT2D eigenvalue weighted by Crippen LogP contribution is -2.36. The zero-order valence-corrected chi connectivity index (χ0v) is 15.3. The molecule has 0 aromatic heterocycles. The molecule has 2 N–H and O–H groups in total. The molecule has 2 rings (SSSR count). The maximum Gasteiger partial charge on any atom is 0.251 e. The Balaban J connectivity index is 1.91. The molecule has 2 aromatic rings. The van der Waals surface area contributed by atoms with Crippen molar-refractivity contribution >= 4 is 15.9 Å². The molecular formula is C18H21FN2O4S. The van der Waals surface area contributed by atoms with E-state index in [4.69, 9.17) is 4.74 Å². The van der Waals surface area contributed by atoms with Crippen molar-refractivity contribution in [3.63, 3.8) is 0 Å². The lowest BCUT2D eigenvalue weighted by atomic mass is 10.2. The van der Waals surface area contributed by atoms with Gasteiger partial charge in [-0.3, -0.25) is 4.79 Å². The highest BCUT2D eigenvalue weighted by Gasteiger charge is 2.15. The largest absolute Gasteiger partial charge is 0.491 e. The number of carbonyl (C=O) groups is 1. The Bertz CT molecular complexity index is 836. The van der Waals surface area contributed by atoms with Crippen LogP contribution in [0.15, 0.2) is 53.4 Å². The molecule has 6 nitrogen and oxygen atoms in total. The molecule has 140 valence electrons. The van der Waals surface area contributed by atoms with Crippen LogP contribution in [0.2, 0.25) is 0 Å². The van der Waals surface area contributed by atoms with E-state index >= 15 is 0 Å². The molecule has 0 bridgehead atoms. The second-order valence-electron chi connectivity index (χ2n) is 5.67. The average Bonchev–Trinajstić information content (AvgIpc) is 2.61. The zero-order chi connectivity index (χ0) is 19.2. The molecular weight excluding hydrogens is 359 g/mol. The van der Waals surface area contributed by atoms with Crippen LogP contribution in [0.25, 0.3) is 0 Å². The van der Waals surface area contributed by atoms with Gasteiger partial charge in [0.25, 0.3) is 5.91 Å². The van der Waals surface area contributed by atoms with E-state index < -0.39 is 10.0 Å². The van der Waals surface area contributed by atoms with Crippen molar-refractivity contribution in [2.75, 3.05) is 13.2 Å². The Labute approximate surface area is 152 Å². The van der Waals surface area contributed by atoms with E-state index in [1.54, 1.807) is 13.8 Å². The van der Waals surface area contributed by atoms with Crippen LogP contribution in [-0.2, 0) is 10.0 Å². The molecule has 0 aliphatic heterocycles. The lowest BCUT2D eigenvalue weighted by Gasteiger charge is -2.15. The Kier molecular flexibility index (Phi) is 6.70. The van der Waals surface area contributed by atoms with Gasteiger partial charge in [-0.15, -0.1) is 0 Å². The summed E-state index contributed by atoms with van der Waals surface area (Å²) in [6.07, 6.45) is 0. The summed E-state index contributed by atoms with van der Waals surface area (Å²) < 4.78 is 44.5. The summed E-state index contributed by atoms with van der Waals surface area (Å²) in [5, 5.41) is 2.76. The number of rotatable bonds is 8. The number of carbonyl (C=O) groups excluding carboxylic acids is 1. The first-order chi connectivity index (χ1) is 12.3. The van der Waals surface area contributed by atoms with Crippen molar-refractivity contribution in [2.24, 2.45) is 0 Å². The fourth-order valence-corrected chi connectivity index (χ4v) is 3.20. The van der Waals surface area contributed by atoms with Gasteiger partial charge in [-0.2, -0.15) is 0 Å². The molecule has 1 atom stereocenters. The van der Waals surface area contributed by atoms with Crippen LogP contribution in [0.4, 0.5) is 4.39 Å². The van der Waals surface area contributed by atoms with Crippen molar-refractivity contribution in [1.29, 1.82) is 0 Å². The first-order valence-corrected chi connectivity index (χ1v) is 9.59. The fourth-order valence-electron chi connectivity index (χ4n) is 2.16. The van der Waals surface area contributed by atoms with E-state index in [9.17, 15) is 17.6 Å². The summed E-state index contributed by atoms with van der Waals surface area (Å²) in [6.45, 7) is 3.96. The standard InChI is InChI=1S/C18H21FN2O4S/c1-3-20-26(23,24)17-10-4-14(5-11-17)18(22)21-13(2)12-25-16-8-6-15(19)7-9-16/h4-11,13,20H,3,12H2,1-2H3,(H,21,22). The van der Waals surface area contributed by atoms with Crippen molar-refractivity contribution in [3.05, 3.63) is 59.9 Å². The number of sulfonamides is 1. The SMILES string of the molecule is CCNS(=O)(=O)c1ccc(C(=O)NC(C)COc2ccc(F)cc2)cc1. The minimum absolute atomic E-state index is 0.101. The van der Waals surface area contributed by atoms with Crippen LogP contribution in [0.5, 0.6) is 5.75 Å². The molecule has 0 fully saturated rings. The van der Waals surface area contributed by atoms with Gasteiger partial charge in [-0.1, -0.05) is 6.92 Å². The number of hydrogen-bond acceptors (Lipinski definition) is 4. The number of halogens is 1. The molecule has 2 aromatic carbocycles. The zero-order valence-electron chi connectivity index (χ0n) is 14.5. The van der Waals surface area contributed by atoms with Gasteiger partial charge in [0.2, 0.25) is 10.0 Å². The Morgan fingerprint density at radius 2 is 1.73 bits per heavy atom. The molecule has 0 radical (unpaired) electrons. The minimum Gasteiger partial charge on any atom is -0.491 e. The monoisotopic (exact) mass is 380 g/mol. The van der Waals surface area contributed by atoms with E-state index in [1.165, 1.54) is 48.5 Å². The van der Waals surface area contributed by atoms with Crippen LogP contribution in [0.1, 0.15) is 24.2 Å². The van der Waals surface area contributed by atoms with Crippen LogP contribution >= 0.6 is 0 Å². The summed E-state index contributed by atoms with van der Waals surface area (Å²) in [7, 11) is -3.55. The van der Waals surface area contributed by atoms with E-state index in [2.05, 4.69) is 10.0 Å². The second-order valence-corrected chi connectivity index (χ2v) is 7.43. The summed E-state index contributed by atoms with van der Waals surface area (Å²) in [4.78, 5) is 12.3. The molecule has 1 amide bonds. The van der Waals surface area contributed by atoms with E-state index in [0.717, 1.165) is 0 Å². The van der Waals surface area contributed by atoms with Gasteiger partial charge in [0.1, 0.15) is 18.2 Å². The van der Waals surface area contributed by atoms with Crippen LogP contribution in [0.3, 0.4) is 0 Å². The van der Waals surface area contributed by atoms with Gasteiger partial charge in [-0.25, -0.2) is 17.5 Å².